The summed E-state index contributed by atoms with van der Waals surface area (Å²) in [6.45, 7) is 0. The van der Waals surface area contributed by atoms with Gasteiger partial charge in [0.05, 0.1) is 30.2 Å². The van der Waals surface area contributed by atoms with Gasteiger partial charge in [-0.3, -0.25) is 0 Å². The molecule has 0 N–H and O–H groups in total. The summed E-state index contributed by atoms with van der Waals surface area (Å²) in [5.74, 6) is 0.474. The van der Waals surface area contributed by atoms with E-state index in [1.165, 1.54) is 37.1 Å². The van der Waals surface area contributed by atoms with E-state index < -0.39 is 7.26 Å². The fourth-order valence-corrected chi connectivity index (χ4v) is 8.61. The van der Waals surface area contributed by atoms with Crippen molar-refractivity contribution >= 4 is 17.9 Å². The smallest absolute Gasteiger partial charge is 0.0732 e. The van der Waals surface area contributed by atoms with Crippen LogP contribution in [0.4, 0.5) is 0 Å². The van der Waals surface area contributed by atoms with Crippen molar-refractivity contribution in [2.24, 2.45) is 0 Å². The molecule has 0 unspecified atom stereocenters. The van der Waals surface area contributed by atoms with Crippen LogP contribution in [0.2, 0.25) is 0 Å². The normalized spacial score (nSPS) is 20.0. The molecule has 0 aromatic heterocycles. The summed E-state index contributed by atoms with van der Waals surface area (Å²) in [6.07, 6.45) is 15.8. The second-order valence-corrected chi connectivity index (χ2v) is 10.6. The Kier molecular flexibility index (Phi) is 4.19. The van der Waals surface area contributed by atoms with Crippen LogP contribution in [-0.4, -0.2) is 12.3 Å². The van der Waals surface area contributed by atoms with Gasteiger partial charge in [-0.05, 0) is 49.1 Å². The zero-order valence-corrected chi connectivity index (χ0v) is 14.5. The molecule has 0 saturated carbocycles. The van der Waals surface area contributed by atoms with Gasteiger partial charge in [-0.2, -0.15) is 0 Å². The molecule has 1 heteroatoms. The lowest BCUT2D eigenvalue weighted by atomic mass is 10.0. The molecule has 1 aliphatic heterocycles. The topological polar surface area (TPSA) is 0 Å². The zero-order valence-electron chi connectivity index (χ0n) is 13.6. The molecule has 4 rings (SSSR count). The summed E-state index contributed by atoms with van der Waals surface area (Å²) in [5, 5.41) is 3.21. The molecule has 0 amide bonds. The van der Waals surface area contributed by atoms with Crippen LogP contribution >= 0.6 is 7.26 Å². The molecule has 0 spiro atoms. The Morgan fingerprint density at radius 2 is 1.26 bits per heavy atom. The van der Waals surface area contributed by atoms with Crippen LogP contribution in [-0.2, 0) is 0 Å². The first-order valence-corrected chi connectivity index (χ1v) is 10.9. The first kappa shape index (κ1) is 14.9. The lowest BCUT2D eigenvalue weighted by Crippen LogP contribution is -2.29. The minimum atomic E-state index is -1.18. The highest BCUT2D eigenvalue weighted by Gasteiger charge is 2.43. The second-order valence-electron chi connectivity index (χ2n) is 6.70. The van der Waals surface area contributed by atoms with Crippen molar-refractivity contribution in [2.75, 3.05) is 12.3 Å². The van der Waals surface area contributed by atoms with E-state index in [1.54, 1.807) is 10.6 Å². The molecule has 1 heterocycles. The van der Waals surface area contributed by atoms with Gasteiger partial charge in [0.2, 0.25) is 0 Å². The molecule has 1 saturated heterocycles. The molecule has 2 aromatic carbocycles. The van der Waals surface area contributed by atoms with Crippen LogP contribution in [0.3, 0.4) is 0 Å². The van der Waals surface area contributed by atoms with E-state index in [1.807, 2.05) is 0 Å². The Bertz CT molecular complexity index is 691. The van der Waals surface area contributed by atoms with Crippen molar-refractivity contribution in [3.63, 3.8) is 0 Å². The van der Waals surface area contributed by atoms with E-state index in [-0.39, 0.29) is 0 Å². The lowest BCUT2D eigenvalue weighted by molar-refractivity contribution is 0.751. The van der Waals surface area contributed by atoms with E-state index in [0.29, 0.717) is 5.92 Å². The van der Waals surface area contributed by atoms with Crippen LogP contribution in [0.15, 0.2) is 78.9 Å². The third-order valence-corrected chi connectivity index (χ3v) is 10.1. The zero-order chi connectivity index (χ0) is 15.5. The van der Waals surface area contributed by atoms with Crippen molar-refractivity contribution in [2.45, 2.75) is 25.2 Å². The summed E-state index contributed by atoms with van der Waals surface area (Å²) in [4.78, 5) is 0. The second kappa shape index (κ2) is 6.46. The number of hydrogen-bond donors (Lipinski definition) is 0. The Hall–Kier alpha value is -1.65. The van der Waals surface area contributed by atoms with E-state index in [9.17, 15) is 0 Å². The summed E-state index contributed by atoms with van der Waals surface area (Å²) in [6, 6.07) is 20.9. The Morgan fingerprint density at radius 3 is 1.91 bits per heavy atom. The molecule has 1 aliphatic carbocycles. The van der Waals surface area contributed by atoms with Gasteiger partial charge in [-0.1, -0.05) is 54.6 Å². The standard InChI is InChI=1S/C22H24P/c1-3-11-21(12-4-1)23(17-7-2-8-18-23)22-15-13-20(14-16-22)19-9-5-6-10-19/h1,3-6,9-16,19H,2,7-8,17-18H2/q+1. The van der Waals surface area contributed by atoms with Crippen molar-refractivity contribution in [3.05, 3.63) is 84.5 Å². The van der Waals surface area contributed by atoms with Crippen molar-refractivity contribution in [3.8, 4) is 0 Å². The fourth-order valence-electron chi connectivity index (χ4n) is 4.07. The molecule has 23 heavy (non-hydrogen) atoms. The van der Waals surface area contributed by atoms with Crippen molar-refractivity contribution in [1.82, 2.24) is 0 Å². The fraction of sp³-hybridized carbons (Fsp3) is 0.273. The molecule has 2 aromatic rings. The van der Waals surface area contributed by atoms with Gasteiger partial charge in [-0.25, -0.2) is 0 Å². The molecule has 0 radical (unpaired) electrons. The molecule has 0 atom stereocenters. The lowest BCUT2D eigenvalue weighted by Gasteiger charge is -2.31. The first-order chi connectivity index (χ1) is 11.4. The van der Waals surface area contributed by atoms with Crippen molar-refractivity contribution < 1.29 is 0 Å². The average molecular weight is 319 g/mol. The highest BCUT2D eigenvalue weighted by Crippen LogP contribution is 2.59. The van der Waals surface area contributed by atoms with Gasteiger partial charge in [0.15, 0.2) is 0 Å². The van der Waals surface area contributed by atoms with Crippen LogP contribution in [0.1, 0.15) is 30.7 Å². The van der Waals surface area contributed by atoms with Crippen LogP contribution in [0.25, 0.3) is 0 Å². The molecule has 1 fully saturated rings. The maximum absolute atomic E-state index is 2.43. The predicted octanol–water partition coefficient (Wildman–Crippen LogP) is 5.05. The SMILES string of the molecule is C1=CC(c2ccc([P+]3(c4ccccc4)CCCCC3)cc2)C=C1. The first-order valence-electron chi connectivity index (χ1n) is 8.77. The predicted molar refractivity (Wildman–Crippen MR) is 104 cm³/mol. The van der Waals surface area contributed by atoms with Gasteiger partial charge in [0.1, 0.15) is 0 Å². The minimum absolute atomic E-state index is 0.474. The molecule has 0 bridgehead atoms. The maximum atomic E-state index is 2.43. The minimum Gasteiger partial charge on any atom is -0.0732 e. The van der Waals surface area contributed by atoms with Crippen LogP contribution < -0.4 is 10.6 Å². The summed E-state index contributed by atoms with van der Waals surface area (Å²) in [5.41, 5.74) is 1.42. The van der Waals surface area contributed by atoms with Crippen molar-refractivity contribution in [1.29, 1.82) is 0 Å². The van der Waals surface area contributed by atoms with E-state index in [2.05, 4.69) is 78.9 Å². The van der Waals surface area contributed by atoms with Gasteiger partial charge in [-0.15, -0.1) is 0 Å². The maximum Gasteiger partial charge on any atom is 0.0992 e. The average Bonchev–Trinajstić information content (AvgIpc) is 3.18. The largest absolute Gasteiger partial charge is 0.0992 e. The highest BCUT2D eigenvalue weighted by atomic mass is 31.2. The molecule has 0 nitrogen and oxygen atoms in total. The van der Waals surface area contributed by atoms with Gasteiger partial charge in [0, 0.05) is 5.92 Å². The molecular formula is C22H24P+. The Labute approximate surface area is 140 Å². The third-order valence-electron chi connectivity index (χ3n) is 5.35. The quantitative estimate of drug-likeness (QED) is 0.695. The van der Waals surface area contributed by atoms with Gasteiger partial charge >= 0.3 is 0 Å². The highest BCUT2D eigenvalue weighted by molar-refractivity contribution is 7.89. The van der Waals surface area contributed by atoms with E-state index >= 15 is 0 Å². The Morgan fingerprint density at radius 1 is 0.652 bits per heavy atom. The molecule has 116 valence electrons. The monoisotopic (exact) mass is 319 g/mol. The van der Waals surface area contributed by atoms with Gasteiger partial charge < -0.3 is 0 Å². The number of hydrogen-bond acceptors (Lipinski definition) is 0. The van der Waals surface area contributed by atoms with E-state index in [4.69, 9.17) is 0 Å². The van der Waals surface area contributed by atoms with Crippen LogP contribution in [0, 0.1) is 0 Å². The molecule has 2 aliphatic rings. The van der Waals surface area contributed by atoms with E-state index in [0.717, 1.165) is 0 Å². The molecular weight excluding hydrogens is 295 g/mol. The Balaban J connectivity index is 1.72. The number of allylic oxidation sites excluding steroid dienone is 4. The van der Waals surface area contributed by atoms with Gasteiger partial charge in [0.25, 0.3) is 0 Å². The summed E-state index contributed by atoms with van der Waals surface area (Å²) in [7, 11) is -1.18. The number of benzene rings is 2. The van der Waals surface area contributed by atoms with Crippen LogP contribution in [0.5, 0.6) is 0 Å². The third kappa shape index (κ3) is 2.81. The number of rotatable bonds is 3. The summed E-state index contributed by atoms with van der Waals surface area (Å²) >= 11 is 0. The summed E-state index contributed by atoms with van der Waals surface area (Å²) < 4.78 is 0.